The van der Waals surface area contributed by atoms with Crippen LogP contribution in [0.2, 0.25) is 0 Å². The van der Waals surface area contributed by atoms with Crippen LogP contribution in [0.1, 0.15) is 5.56 Å². The van der Waals surface area contributed by atoms with Crippen LogP contribution in [0.3, 0.4) is 0 Å². The van der Waals surface area contributed by atoms with Crippen molar-refractivity contribution in [3.05, 3.63) is 53.8 Å². The van der Waals surface area contributed by atoms with Crippen molar-refractivity contribution < 1.29 is 9.18 Å². The number of rotatable bonds is 2. The summed E-state index contributed by atoms with van der Waals surface area (Å²) in [7, 11) is 0. The molecule has 0 spiro atoms. The molecule has 3 aromatic rings. The fraction of sp³-hybridized carbons (Fsp3) is 0.263. The molecule has 0 aliphatic carbocycles. The van der Waals surface area contributed by atoms with Gasteiger partial charge in [-0.15, -0.1) is 0 Å². The number of piperazine rings is 1. The standard InChI is InChI=1S/C19H19FN4OS/c1-13-5-4-8-16-17(13)22-19(26-16)24-11-9-23(10-12-24)18(25)21-15-7-3-2-6-14(15)20/h2-8H,9-12H2,1H3,(H,21,25). The molecule has 1 saturated heterocycles. The van der Waals surface area contributed by atoms with Gasteiger partial charge < -0.3 is 15.1 Å². The van der Waals surface area contributed by atoms with E-state index >= 15 is 0 Å². The number of urea groups is 1. The zero-order valence-electron chi connectivity index (χ0n) is 14.4. The molecular weight excluding hydrogens is 351 g/mol. The first kappa shape index (κ1) is 16.8. The van der Waals surface area contributed by atoms with Gasteiger partial charge in [0.1, 0.15) is 5.82 Å². The lowest BCUT2D eigenvalue weighted by molar-refractivity contribution is 0.208. The molecule has 2 aromatic carbocycles. The Kier molecular flexibility index (Phi) is 4.46. The minimum atomic E-state index is -0.427. The van der Waals surface area contributed by atoms with E-state index in [0.717, 1.165) is 10.6 Å². The quantitative estimate of drug-likeness (QED) is 0.739. The molecule has 1 N–H and O–H groups in total. The van der Waals surface area contributed by atoms with Gasteiger partial charge in [0.2, 0.25) is 0 Å². The van der Waals surface area contributed by atoms with Gasteiger partial charge in [0, 0.05) is 26.2 Å². The third kappa shape index (κ3) is 3.22. The van der Waals surface area contributed by atoms with Crippen molar-refractivity contribution >= 4 is 38.4 Å². The summed E-state index contributed by atoms with van der Waals surface area (Å²) in [6, 6.07) is 12.1. The second-order valence-electron chi connectivity index (χ2n) is 6.30. The number of hydrogen-bond acceptors (Lipinski definition) is 4. The van der Waals surface area contributed by atoms with E-state index in [1.807, 2.05) is 6.07 Å². The van der Waals surface area contributed by atoms with Gasteiger partial charge in [0.05, 0.1) is 15.9 Å². The summed E-state index contributed by atoms with van der Waals surface area (Å²) < 4.78 is 14.9. The summed E-state index contributed by atoms with van der Waals surface area (Å²) in [4.78, 5) is 21.0. The van der Waals surface area contributed by atoms with Crippen molar-refractivity contribution in [3.8, 4) is 0 Å². The number of anilines is 2. The molecule has 1 aromatic heterocycles. The Morgan fingerprint density at radius 1 is 1.12 bits per heavy atom. The maximum absolute atomic E-state index is 13.7. The first-order chi connectivity index (χ1) is 12.6. The number of fused-ring (bicyclic) bond motifs is 1. The summed E-state index contributed by atoms with van der Waals surface area (Å²) in [6.45, 7) is 4.65. The van der Waals surface area contributed by atoms with Crippen molar-refractivity contribution in [2.24, 2.45) is 0 Å². The van der Waals surface area contributed by atoms with Crippen molar-refractivity contribution in [2.45, 2.75) is 6.92 Å². The van der Waals surface area contributed by atoms with E-state index in [-0.39, 0.29) is 11.7 Å². The molecule has 5 nitrogen and oxygen atoms in total. The summed E-state index contributed by atoms with van der Waals surface area (Å²) in [5.41, 5.74) is 2.43. The second kappa shape index (κ2) is 6.92. The Morgan fingerprint density at radius 2 is 1.88 bits per heavy atom. The largest absolute Gasteiger partial charge is 0.345 e. The molecule has 0 bridgehead atoms. The number of nitrogens with zero attached hydrogens (tertiary/aromatic N) is 3. The van der Waals surface area contributed by atoms with Crippen molar-refractivity contribution in [3.63, 3.8) is 0 Å². The maximum Gasteiger partial charge on any atom is 0.322 e. The summed E-state index contributed by atoms with van der Waals surface area (Å²) in [5, 5.41) is 3.63. The predicted octanol–water partition coefficient (Wildman–Crippen LogP) is 4.10. The maximum atomic E-state index is 13.7. The van der Waals surface area contributed by atoms with Crippen LogP contribution >= 0.6 is 11.3 Å². The van der Waals surface area contributed by atoms with E-state index in [0.29, 0.717) is 26.2 Å². The number of halogens is 1. The van der Waals surface area contributed by atoms with Crippen molar-refractivity contribution in [1.82, 2.24) is 9.88 Å². The smallest absolute Gasteiger partial charge is 0.322 e. The Bertz CT molecular complexity index is 950. The molecule has 1 fully saturated rings. The SMILES string of the molecule is Cc1cccc2sc(N3CCN(C(=O)Nc4ccccc4F)CC3)nc12. The monoisotopic (exact) mass is 370 g/mol. The van der Waals surface area contributed by atoms with Gasteiger partial charge in [0.25, 0.3) is 0 Å². The number of aromatic nitrogens is 1. The molecular formula is C19H19FN4OS. The summed E-state index contributed by atoms with van der Waals surface area (Å²) in [6.07, 6.45) is 0. The van der Waals surface area contributed by atoms with Crippen molar-refractivity contribution in [2.75, 3.05) is 36.4 Å². The van der Waals surface area contributed by atoms with Gasteiger partial charge in [0.15, 0.2) is 5.13 Å². The van der Waals surface area contributed by atoms with Crippen LogP contribution in [0.15, 0.2) is 42.5 Å². The van der Waals surface area contributed by atoms with E-state index < -0.39 is 5.82 Å². The van der Waals surface area contributed by atoms with E-state index in [2.05, 4.69) is 29.3 Å². The fourth-order valence-corrected chi connectivity index (χ4v) is 4.16. The highest BCUT2D eigenvalue weighted by atomic mass is 32.1. The fourth-order valence-electron chi connectivity index (χ4n) is 3.07. The Morgan fingerprint density at radius 3 is 2.62 bits per heavy atom. The molecule has 2 heterocycles. The van der Waals surface area contributed by atoms with Crippen LogP contribution in [0.25, 0.3) is 10.2 Å². The third-order valence-corrected chi connectivity index (χ3v) is 5.64. The van der Waals surface area contributed by atoms with Crippen LogP contribution in [0.5, 0.6) is 0 Å². The molecule has 1 aliphatic rings. The Hall–Kier alpha value is -2.67. The van der Waals surface area contributed by atoms with E-state index in [9.17, 15) is 9.18 Å². The molecule has 134 valence electrons. The number of amides is 2. The van der Waals surface area contributed by atoms with Gasteiger partial charge in [-0.3, -0.25) is 0 Å². The van der Waals surface area contributed by atoms with Gasteiger partial charge in [-0.1, -0.05) is 35.6 Å². The summed E-state index contributed by atoms with van der Waals surface area (Å²) >= 11 is 1.68. The lowest BCUT2D eigenvalue weighted by atomic mass is 10.2. The van der Waals surface area contributed by atoms with Gasteiger partial charge >= 0.3 is 6.03 Å². The average molecular weight is 370 g/mol. The molecule has 26 heavy (non-hydrogen) atoms. The van der Waals surface area contributed by atoms with Crippen LogP contribution < -0.4 is 10.2 Å². The number of carbonyl (C=O) groups excluding carboxylic acids is 1. The highest BCUT2D eigenvalue weighted by Gasteiger charge is 2.23. The van der Waals surface area contributed by atoms with Gasteiger partial charge in [-0.25, -0.2) is 14.2 Å². The second-order valence-corrected chi connectivity index (χ2v) is 7.31. The molecule has 1 aliphatic heterocycles. The van der Waals surface area contributed by atoms with Crippen LogP contribution in [-0.4, -0.2) is 42.1 Å². The number of hydrogen-bond donors (Lipinski definition) is 1. The topological polar surface area (TPSA) is 48.5 Å². The predicted molar refractivity (Wildman–Crippen MR) is 104 cm³/mol. The number of nitrogens with one attached hydrogen (secondary N) is 1. The lowest BCUT2D eigenvalue weighted by Crippen LogP contribution is -2.50. The van der Waals surface area contributed by atoms with E-state index in [4.69, 9.17) is 4.98 Å². The average Bonchev–Trinajstić information content (AvgIpc) is 3.09. The zero-order chi connectivity index (χ0) is 18.1. The molecule has 0 radical (unpaired) electrons. The van der Waals surface area contributed by atoms with Crippen LogP contribution in [-0.2, 0) is 0 Å². The number of thiazole rings is 1. The molecule has 4 rings (SSSR count). The zero-order valence-corrected chi connectivity index (χ0v) is 15.2. The molecule has 2 amide bonds. The number of benzene rings is 2. The Labute approximate surface area is 155 Å². The highest BCUT2D eigenvalue weighted by molar-refractivity contribution is 7.22. The highest BCUT2D eigenvalue weighted by Crippen LogP contribution is 2.31. The molecule has 7 heteroatoms. The van der Waals surface area contributed by atoms with E-state index in [1.54, 1.807) is 34.4 Å². The molecule has 0 atom stereocenters. The van der Waals surface area contributed by atoms with Crippen LogP contribution in [0.4, 0.5) is 20.0 Å². The number of carbonyl (C=O) groups is 1. The molecule has 0 saturated carbocycles. The first-order valence-electron chi connectivity index (χ1n) is 8.53. The minimum absolute atomic E-state index is 0.210. The lowest BCUT2D eigenvalue weighted by Gasteiger charge is -2.34. The third-order valence-electron chi connectivity index (χ3n) is 4.56. The first-order valence-corrected chi connectivity index (χ1v) is 9.35. The molecule has 0 unspecified atom stereocenters. The normalized spacial score (nSPS) is 14.7. The number of aryl methyl sites for hydroxylation is 1. The van der Waals surface area contributed by atoms with Gasteiger partial charge in [-0.05, 0) is 30.7 Å². The number of para-hydroxylation sites is 2. The van der Waals surface area contributed by atoms with Crippen LogP contribution in [0, 0.1) is 12.7 Å². The minimum Gasteiger partial charge on any atom is -0.345 e. The van der Waals surface area contributed by atoms with Gasteiger partial charge in [-0.2, -0.15) is 0 Å². The van der Waals surface area contributed by atoms with Crippen molar-refractivity contribution in [1.29, 1.82) is 0 Å². The Balaban J connectivity index is 1.41. The van der Waals surface area contributed by atoms with E-state index in [1.165, 1.54) is 16.3 Å². The summed E-state index contributed by atoms with van der Waals surface area (Å²) in [5.74, 6) is -0.427.